The lowest BCUT2D eigenvalue weighted by Crippen LogP contribution is -2.43. The van der Waals surface area contributed by atoms with Gasteiger partial charge in [-0.25, -0.2) is 4.39 Å². The van der Waals surface area contributed by atoms with Gasteiger partial charge in [-0.1, -0.05) is 18.2 Å². The molecule has 2 aromatic rings. The standard InChI is InChI=1S/C19H20FN3O4/c20-16-6-4-14(5-7-16)18(22-8-10-27-11-9-22)13-21-19(24)15-2-1-3-17(12-15)23(25)26/h1-7,12,18H,8-11,13H2,(H,21,24). The Morgan fingerprint density at radius 3 is 2.59 bits per heavy atom. The minimum Gasteiger partial charge on any atom is -0.379 e. The average molecular weight is 373 g/mol. The Morgan fingerprint density at radius 1 is 1.22 bits per heavy atom. The van der Waals surface area contributed by atoms with Crippen LogP contribution >= 0.6 is 0 Å². The number of nitro groups is 1. The highest BCUT2D eigenvalue weighted by molar-refractivity contribution is 5.94. The van der Waals surface area contributed by atoms with Crippen LogP contribution in [0, 0.1) is 15.9 Å². The molecular weight excluding hydrogens is 353 g/mol. The predicted octanol–water partition coefficient (Wildman–Crippen LogP) is 2.54. The number of rotatable bonds is 6. The molecule has 1 fully saturated rings. The van der Waals surface area contributed by atoms with Crippen molar-refractivity contribution in [2.24, 2.45) is 0 Å². The lowest BCUT2D eigenvalue weighted by Gasteiger charge is -2.35. The normalized spacial score (nSPS) is 15.9. The largest absolute Gasteiger partial charge is 0.379 e. The molecule has 0 aliphatic carbocycles. The van der Waals surface area contributed by atoms with Crippen molar-refractivity contribution in [2.45, 2.75) is 6.04 Å². The number of nitrogens with one attached hydrogen (secondary N) is 1. The van der Waals surface area contributed by atoms with Crippen LogP contribution in [0.5, 0.6) is 0 Å². The number of carbonyl (C=O) groups is 1. The van der Waals surface area contributed by atoms with Gasteiger partial charge in [-0.2, -0.15) is 0 Å². The molecule has 1 amide bonds. The molecule has 8 heteroatoms. The van der Waals surface area contributed by atoms with Crippen molar-refractivity contribution in [1.29, 1.82) is 0 Å². The summed E-state index contributed by atoms with van der Waals surface area (Å²) < 4.78 is 18.7. The number of morpholine rings is 1. The maximum absolute atomic E-state index is 13.3. The molecule has 1 atom stereocenters. The number of benzene rings is 2. The van der Waals surface area contributed by atoms with Gasteiger partial charge in [-0.05, 0) is 23.8 Å². The maximum atomic E-state index is 13.3. The van der Waals surface area contributed by atoms with E-state index < -0.39 is 4.92 Å². The molecule has 7 nitrogen and oxygen atoms in total. The third-order valence-corrected chi connectivity index (χ3v) is 4.52. The molecule has 1 N–H and O–H groups in total. The van der Waals surface area contributed by atoms with E-state index in [1.165, 1.54) is 36.4 Å². The van der Waals surface area contributed by atoms with Crippen LogP contribution < -0.4 is 5.32 Å². The number of nitro benzene ring substituents is 1. The third kappa shape index (κ3) is 4.87. The van der Waals surface area contributed by atoms with Gasteiger partial charge in [0.2, 0.25) is 0 Å². The lowest BCUT2D eigenvalue weighted by molar-refractivity contribution is -0.384. The van der Waals surface area contributed by atoms with E-state index >= 15 is 0 Å². The van der Waals surface area contributed by atoms with Gasteiger partial charge in [0, 0.05) is 37.3 Å². The Balaban J connectivity index is 1.73. The van der Waals surface area contributed by atoms with Crippen molar-refractivity contribution in [1.82, 2.24) is 10.2 Å². The van der Waals surface area contributed by atoms with Crippen molar-refractivity contribution >= 4 is 11.6 Å². The van der Waals surface area contributed by atoms with E-state index in [1.54, 1.807) is 12.1 Å². The molecular formula is C19H20FN3O4. The summed E-state index contributed by atoms with van der Waals surface area (Å²) in [5, 5.41) is 13.7. The van der Waals surface area contributed by atoms with E-state index in [9.17, 15) is 19.3 Å². The smallest absolute Gasteiger partial charge is 0.270 e. The molecule has 2 aromatic carbocycles. The molecule has 0 saturated carbocycles. The van der Waals surface area contributed by atoms with Gasteiger partial charge in [0.1, 0.15) is 5.82 Å². The fraction of sp³-hybridized carbons (Fsp3) is 0.316. The first-order chi connectivity index (χ1) is 13.0. The van der Waals surface area contributed by atoms with E-state index in [-0.39, 0.29) is 29.0 Å². The van der Waals surface area contributed by atoms with Gasteiger partial charge in [-0.3, -0.25) is 19.8 Å². The Hall–Kier alpha value is -2.84. The number of ether oxygens (including phenoxy) is 1. The van der Waals surface area contributed by atoms with Gasteiger partial charge in [0.25, 0.3) is 11.6 Å². The van der Waals surface area contributed by atoms with Crippen LogP contribution in [0.2, 0.25) is 0 Å². The molecule has 27 heavy (non-hydrogen) atoms. The van der Waals surface area contributed by atoms with Gasteiger partial charge in [0.15, 0.2) is 0 Å². The van der Waals surface area contributed by atoms with Crippen molar-refractivity contribution < 1.29 is 18.8 Å². The molecule has 1 heterocycles. The van der Waals surface area contributed by atoms with Crippen LogP contribution in [0.25, 0.3) is 0 Å². The molecule has 142 valence electrons. The number of amides is 1. The summed E-state index contributed by atoms with van der Waals surface area (Å²) in [6.45, 7) is 2.89. The van der Waals surface area contributed by atoms with Crippen molar-refractivity contribution in [3.05, 3.63) is 75.6 Å². The zero-order valence-corrected chi connectivity index (χ0v) is 14.6. The van der Waals surface area contributed by atoms with Crippen LogP contribution in [0.15, 0.2) is 48.5 Å². The first-order valence-corrected chi connectivity index (χ1v) is 8.64. The first kappa shape index (κ1) is 18.9. The molecule has 1 aliphatic rings. The summed E-state index contributed by atoms with van der Waals surface area (Å²) in [6.07, 6.45) is 0. The zero-order chi connectivity index (χ0) is 19.2. The van der Waals surface area contributed by atoms with Crippen molar-refractivity contribution in [2.75, 3.05) is 32.8 Å². The van der Waals surface area contributed by atoms with E-state index in [2.05, 4.69) is 10.2 Å². The van der Waals surface area contributed by atoms with Gasteiger partial charge in [-0.15, -0.1) is 0 Å². The molecule has 1 aliphatic heterocycles. The summed E-state index contributed by atoms with van der Waals surface area (Å²) in [4.78, 5) is 25.0. The minimum atomic E-state index is -0.536. The summed E-state index contributed by atoms with van der Waals surface area (Å²) in [5.41, 5.74) is 0.979. The molecule has 1 saturated heterocycles. The molecule has 0 aromatic heterocycles. The predicted molar refractivity (Wildman–Crippen MR) is 97.0 cm³/mol. The van der Waals surface area contributed by atoms with Crippen LogP contribution in [0.1, 0.15) is 22.0 Å². The van der Waals surface area contributed by atoms with Crippen LogP contribution in [-0.4, -0.2) is 48.6 Å². The molecule has 0 bridgehead atoms. The van der Waals surface area contributed by atoms with Crippen LogP contribution in [0.3, 0.4) is 0 Å². The zero-order valence-electron chi connectivity index (χ0n) is 14.6. The SMILES string of the molecule is O=C(NCC(c1ccc(F)cc1)N1CCOCC1)c1cccc([N+](=O)[O-])c1. The van der Waals surface area contributed by atoms with Crippen molar-refractivity contribution in [3.8, 4) is 0 Å². The number of carbonyl (C=O) groups excluding carboxylic acids is 1. The second-order valence-corrected chi connectivity index (χ2v) is 6.23. The Bertz CT molecular complexity index is 807. The molecule has 0 spiro atoms. The van der Waals surface area contributed by atoms with E-state index in [0.29, 0.717) is 32.8 Å². The van der Waals surface area contributed by atoms with E-state index in [1.807, 2.05) is 0 Å². The molecule has 1 unspecified atom stereocenters. The highest BCUT2D eigenvalue weighted by Crippen LogP contribution is 2.22. The van der Waals surface area contributed by atoms with E-state index in [0.717, 1.165) is 5.56 Å². The minimum absolute atomic E-state index is 0.133. The summed E-state index contributed by atoms with van der Waals surface area (Å²) in [7, 11) is 0. The number of hydrogen-bond acceptors (Lipinski definition) is 5. The fourth-order valence-electron chi connectivity index (χ4n) is 3.08. The Kier molecular flexibility index (Phi) is 6.10. The van der Waals surface area contributed by atoms with Gasteiger partial charge in [0.05, 0.1) is 24.2 Å². The van der Waals surface area contributed by atoms with Crippen molar-refractivity contribution in [3.63, 3.8) is 0 Å². The van der Waals surface area contributed by atoms with Crippen LogP contribution in [0.4, 0.5) is 10.1 Å². The first-order valence-electron chi connectivity index (χ1n) is 8.64. The topological polar surface area (TPSA) is 84.7 Å². The molecule has 3 rings (SSSR count). The second kappa shape index (κ2) is 8.70. The fourth-order valence-corrected chi connectivity index (χ4v) is 3.08. The highest BCUT2D eigenvalue weighted by Gasteiger charge is 2.23. The van der Waals surface area contributed by atoms with Gasteiger partial charge < -0.3 is 10.1 Å². The monoisotopic (exact) mass is 373 g/mol. The van der Waals surface area contributed by atoms with Crippen LogP contribution in [-0.2, 0) is 4.74 Å². The maximum Gasteiger partial charge on any atom is 0.270 e. The number of halogens is 1. The average Bonchev–Trinajstić information content (AvgIpc) is 2.70. The number of nitrogens with zero attached hydrogens (tertiary/aromatic N) is 2. The second-order valence-electron chi connectivity index (χ2n) is 6.23. The summed E-state index contributed by atoms with van der Waals surface area (Å²) >= 11 is 0. The lowest BCUT2D eigenvalue weighted by atomic mass is 10.0. The number of hydrogen-bond donors (Lipinski definition) is 1. The highest BCUT2D eigenvalue weighted by atomic mass is 19.1. The summed E-state index contributed by atoms with van der Waals surface area (Å²) in [5.74, 6) is -0.709. The summed E-state index contributed by atoms with van der Waals surface area (Å²) in [6, 6.07) is 11.6. The Labute approximate surface area is 155 Å². The Morgan fingerprint density at radius 2 is 1.93 bits per heavy atom. The van der Waals surface area contributed by atoms with Gasteiger partial charge >= 0.3 is 0 Å². The quantitative estimate of drug-likeness (QED) is 0.621. The van der Waals surface area contributed by atoms with E-state index in [4.69, 9.17) is 4.74 Å². The molecule has 0 radical (unpaired) electrons. The number of non-ortho nitro benzene ring substituents is 1. The third-order valence-electron chi connectivity index (χ3n) is 4.52.